The average molecular weight is 665 g/mol. The molecule has 49 heavy (non-hydrogen) atoms. The maximum Gasteiger partial charge on any atom is 0.271 e. The normalized spacial score (nSPS) is 24.1. The number of halogens is 1. The fourth-order valence-electron chi connectivity index (χ4n) is 8.59. The molecule has 7 nitrogen and oxygen atoms in total. The van der Waals surface area contributed by atoms with Crippen molar-refractivity contribution in [1.29, 1.82) is 0 Å². The molecule has 2 aliphatic carbocycles. The SMILES string of the molecule is Cc1ccc(C2=C(c3ccc(C)cc3)[C@@]3(c4ccccc4)C(=O)[C@@]2(c2ccccc2)[C@H]2C(=O)N(c4cc([N+](=O)[O-])ccc4Cl)C(=O)[C@@H]23)cc1. The number of allylic oxidation sites excluding steroid dienone is 2. The number of ketones is 1. The van der Waals surface area contributed by atoms with E-state index >= 15 is 14.4 Å². The molecule has 1 aliphatic heterocycles. The number of aryl methyl sites for hydroxylation is 2. The maximum atomic E-state index is 16.0. The third-order valence-corrected chi connectivity index (χ3v) is 10.8. The highest BCUT2D eigenvalue weighted by atomic mass is 35.5. The van der Waals surface area contributed by atoms with E-state index in [0.717, 1.165) is 33.2 Å². The number of hydrogen-bond acceptors (Lipinski definition) is 5. The molecule has 5 aromatic carbocycles. The van der Waals surface area contributed by atoms with Gasteiger partial charge in [0.2, 0.25) is 11.8 Å². The van der Waals surface area contributed by atoms with E-state index in [0.29, 0.717) is 22.3 Å². The number of non-ortho nitro benzene ring substituents is 1. The van der Waals surface area contributed by atoms with Gasteiger partial charge in [0.1, 0.15) is 0 Å². The predicted octanol–water partition coefficient (Wildman–Crippen LogP) is 8.05. The Morgan fingerprint density at radius 2 is 1.06 bits per heavy atom. The van der Waals surface area contributed by atoms with Gasteiger partial charge in [0, 0.05) is 12.1 Å². The minimum Gasteiger partial charge on any atom is -0.297 e. The number of anilines is 1. The molecule has 3 aliphatic rings. The number of rotatable bonds is 6. The van der Waals surface area contributed by atoms with Crippen molar-refractivity contribution in [1.82, 2.24) is 0 Å². The molecule has 0 radical (unpaired) electrons. The van der Waals surface area contributed by atoms with Gasteiger partial charge in [-0.3, -0.25) is 24.5 Å². The van der Waals surface area contributed by atoms with Crippen LogP contribution in [0.4, 0.5) is 11.4 Å². The molecule has 8 heteroatoms. The van der Waals surface area contributed by atoms with Crippen molar-refractivity contribution < 1.29 is 19.3 Å². The lowest BCUT2D eigenvalue weighted by atomic mass is 9.59. The van der Waals surface area contributed by atoms with Crippen molar-refractivity contribution in [2.24, 2.45) is 11.8 Å². The van der Waals surface area contributed by atoms with Gasteiger partial charge in [-0.25, -0.2) is 4.90 Å². The molecular formula is C41H29ClN2O5. The number of nitrogens with zero attached hydrogens (tertiary/aromatic N) is 2. The summed E-state index contributed by atoms with van der Waals surface area (Å²) in [6.07, 6.45) is 0. The molecule has 2 amide bonds. The Balaban J connectivity index is 1.54. The topological polar surface area (TPSA) is 97.6 Å². The first-order valence-corrected chi connectivity index (χ1v) is 16.4. The summed E-state index contributed by atoms with van der Waals surface area (Å²) in [7, 11) is 0. The lowest BCUT2D eigenvalue weighted by molar-refractivity contribution is -0.384. The van der Waals surface area contributed by atoms with Crippen LogP contribution < -0.4 is 4.90 Å². The second kappa shape index (κ2) is 10.9. The Morgan fingerprint density at radius 3 is 1.47 bits per heavy atom. The quantitative estimate of drug-likeness (QED) is 0.104. The fraction of sp³-hybridized carbons (Fsp3) is 0.146. The fourth-order valence-corrected chi connectivity index (χ4v) is 8.79. The molecule has 1 heterocycles. The van der Waals surface area contributed by atoms with E-state index in [-0.39, 0.29) is 22.2 Å². The number of fused-ring (bicyclic) bond motifs is 5. The summed E-state index contributed by atoms with van der Waals surface area (Å²) in [6, 6.07) is 38.0. The van der Waals surface area contributed by atoms with Crippen LogP contribution >= 0.6 is 11.6 Å². The molecule has 1 saturated heterocycles. The molecule has 0 aromatic heterocycles. The van der Waals surface area contributed by atoms with E-state index < -0.39 is 39.4 Å². The first kappa shape index (κ1) is 30.7. The van der Waals surface area contributed by atoms with Crippen molar-refractivity contribution >= 4 is 51.7 Å². The first-order chi connectivity index (χ1) is 23.6. The molecular weight excluding hydrogens is 636 g/mol. The van der Waals surface area contributed by atoms with Crippen LogP contribution in [0.1, 0.15) is 33.4 Å². The lowest BCUT2D eigenvalue weighted by Gasteiger charge is -2.39. The number of benzene rings is 5. The first-order valence-electron chi connectivity index (χ1n) is 16.0. The number of imide groups is 1. The number of nitro benzene ring substituents is 1. The highest BCUT2D eigenvalue weighted by Crippen LogP contribution is 2.74. The molecule has 2 bridgehead atoms. The predicted molar refractivity (Wildman–Crippen MR) is 188 cm³/mol. The largest absolute Gasteiger partial charge is 0.297 e. The minimum absolute atomic E-state index is 0.0129. The molecule has 1 saturated carbocycles. The second-order valence-corrected chi connectivity index (χ2v) is 13.4. The highest BCUT2D eigenvalue weighted by molar-refractivity contribution is 6.41. The van der Waals surface area contributed by atoms with Crippen LogP contribution in [0.2, 0.25) is 5.02 Å². The molecule has 4 atom stereocenters. The lowest BCUT2D eigenvalue weighted by Crippen LogP contribution is -2.45. The van der Waals surface area contributed by atoms with E-state index in [1.165, 1.54) is 12.1 Å². The Morgan fingerprint density at radius 1 is 0.633 bits per heavy atom. The maximum absolute atomic E-state index is 16.0. The Bertz CT molecular complexity index is 2120. The van der Waals surface area contributed by atoms with Crippen LogP contribution in [-0.2, 0) is 25.2 Å². The molecule has 8 rings (SSSR count). The van der Waals surface area contributed by atoms with Crippen molar-refractivity contribution in [3.8, 4) is 0 Å². The zero-order valence-corrected chi connectivity index (χ0v) is 27.3. The standard InChI is InChI=1S/C41H29ClN2O5/c1-24-13-17-26(18-14-24)33-34(27-19-15-25(2)16-20-27)41(29-11-7-4-8-12-29)36-35(40(33,39(41)47)28-9-5-3-6-10-28)37(45)43(38(36)46)32-23-30(44(48)49)21-22-31(32)42/h3-23,35-36H,1-2H3/t35-,36-,40-,41-/m1/s1. The van der Waals surface area contributed by atoms with E-state index in [1.807, 2.05) is 123 Å². The molecule has 240 valence electrons. The van der Waals surface area contributed by atoms with Gasteiger partial charge in [0.15, 0.2) is 5.78 Å². The smallest absolute Gasteiger partial charge is 0.271 e. The van der Waals surface area contributed by atoms with Crippen LogP contribution in [-0.4, -0.2) is 22.5 Å². The van der Waals surface area contributed by atoms with E-state index in [4.69, 9.17) is 11.6 Å². The average Bonchev–Trinajstić information content (AvgIpc) is 3.62. The van der Waals surface area contributed by atoms with Gasteiger partial charge < -0.3 is 0 Å². The molecule has 0 spiro atoms. The van der Waals surface area contributed by atoms with Crippen LogP contribution in [0, 0.1) is 35.8 Å². The van der Waals surface area contributed by atoms with Crippen molar-refractivity contribution in [3.63, 3.8) is 0 Å². The number of carbonyl (C=O) groups is 3. The molecule has 0 unspecified atom stereocenters. The van der Waals surface area contributed by atoms with Crippen molar-refractivity contribution in [2.45, 2.75) is 24.7 Å². The Kier molecular flexibility index (Phi) is 6.84. The molecule has 5 aromatic rings. The van der Waals surface area contributed by atoms with Crippen LogP contribution in [0.5, 0.6) is 0 Å². The highest BCUT2D eigenvalue weighted by Gasteiger charge is 2.82. The van der Waals surface area contributed by atoms with Crippen LogP contribution in [0.15, 0.2) is 127 Å². The van der Waals surface area contributed by atoms with E-state index in [2.05, 4.69) is 0 Å². The Hall–Kier alpha value is -5.66. The summed E-state index contributed by atoms with van der Waals surface area (Å²) < 4.78 is 0. The van der Waals surface area contributed by atoms with Crippen molar-refractivity contribution in [2.75, 3.05) is 4.90 Å². The Labute approximate surface area is 287 Å². The summed E-state index contributed by atoms with van der Waals surface area (Å²) in [5, 5.41) is 11.9. The molecule has 0 N–H and O–H groups in total. The summed E-state index contributed by atoms with van der Waals surface area (Å²) in [5.74, 6) is -3.84. The number of amides is 2. The van der Waals surface area contributed by atoms with Crippen LogP contribution in [0.25, 0.3) is 11.1 Å². The van der Waals surface area contributed by atoms with Gasteiger partial charge in [-0.05, 0) is 53.3 Å². The molecule has 2 fully saturated rings. The van der Waals surface area contributed by atoms with Gasteiger partial charge in [0.05, 0.1) is 38.3 Å². The van der Waals surface area contributed by atoms with E-state index in [9.17, 15) is 10.1 Å². The summed E-state index contributed by atoms with van der Waals surface area (Å²) in [4.78, 5) is 58.5. The van der Waals surface area contributed by atoms with Gasteiger partial charge in [0.25, 0.3) is 5.69 Å². The summed E-state index contributed by atoms with van der Waals surface area (Å²) in [6.45, 7) is 3.97. The zero-order chi connectivity index (χ0) is 34.2. The van der Waals surface area contributed by atoms with Gasteiger partial charge >= 0.3 is 0 Å². The van der Waals surface area contributed by atoms with Crippen LogP contribution in [0.3, 0.4) is 0 Å². The minimum atomic E-state index is -1.59. The zero-order valence-electron chi connectivity index (χ0n) is 26.6. The van der Waals surface area contributed by atoms with Crippen molar-refractivity contribution in [3.05, 3.63) is 176 Å². The summed E-state index contributed by atoms with van der Waals surface area (Å²) in [5.41, 5.74) is 2.55. The monoisotopic (exact) mass is 664 g/mol. The van der Waals surface area contributed by atoms with Gasteiger partial charge in [-0.15, -0.1) is 0 Å². The second-order valence-electron chi connectivity index (χ2n) is 13.0. The number of hydrogen-bond donors (Lipinski definition) is 0. The van der Waals surface area contributed by atoms with Gasteiger partial charge in [-0.1, -0.05) is 132 Å². The summed E-state index contributed by atoms with van der Waals surface area (Å²) >= 11 is 6.62. The van der Waals surface area contributed by atoms with Gasteiger partial charge in [-0.2, -0.15) is 0 Å². The number of Topliss-reactive ketones (excluding diaryl/α,β-unsaturated/α-hetero) is 1. The third-order valence-electron chi connectivity index (χ3n) is 10.5. The number of nitro groups is 1. The van der Waals surface area contributed by atoms with E-state index in [1.54, 1.807) is 0 Å². The third kappa shape index (κ3) is 3.99. The number of carbonyl (C=O) groups excluding carboxylic acids is 3.